The van der Waals surface area contributed by atoms with E-state index < -0.39 is 5.41 Å². The van der Waals surface area contributed by atoms with Crippen LogP contribution in [0.1, 0.15) is 13.8 Å². The molecule has 0 saturated carbocycles. The summed E-state index contributed by atoms with van der Waals surface area (Å²) in [6, 6.07) is 5.10. The molecular weight excluding hydrogens is 234 g/mol. The minimum absolute atomic E-state index is 0.180. The van der Waals surface area contributed by atoms with Gasteiger partial charge < -0.3 is 19.9 Å². The van der Waals surface area contributed by atoms with E-state index >= 15 is 0 Å². The third kappa shape index (κ3) is 3.29. The summed E-state index contributed by atoms with van der Waals surface area (Å²) in [6.07, 6.45) is 0. The van der Waals surface area contributed by atoms with Crippen molar-refractivity contribution in [3.05, 3.63) is 18.2 Å². The van der Waals surface area contributed by atoms with Crippen molar-refractivity contribution >= 4 is 11.7 Å². The van der Waals surface area contributed by atoms with Crippen molar-refractivity contribution in [3.63, 3.8) is 0 Å². The normalized spacial score (nSPS) is 10.9. The molecule has 5 heteroatoms. The average Bonchev–Trinajstić information content (AvgIpc) is 2.35. The fraction of sp³-hybridized carbons (Fsp3) is 0.462. The van der Waals surface area contributed by atoms with E-state index in [1.807, 2.05) is 0 Å². The molecule has 2 N–H and O–H groups in total. The highest BCUT2D eigenvalue weighted by Gasteiger charge is 2.30. The SMILES string of the molecule is COC(=O)C(C)(C)COc1cc(N)ccc1OC. The van der Waals surface area contributed by atoms with Crippen molar-refractivity contribution in [2.75, 3.05) is 26.6 Å². The van der Waals surface area contributed by atoms with Crippen molar-refractivity contribution in [3.8, 4) is 11.5 Å². The molecule has 0 atom stereocenters. The zero-order chi connectivity index (χ0) is 13.8. The van der Waals surface area contributed by atoms with Gasteiger partial charge in [-0.3, -0.25) is 4.79 Å². The molecule has 0 unspecified atom stereocenters. The molecule has 100 valence electrons. The van der Waals surface area contributed by atoms with Crippen molar-refractivity contribution < 1.29 is 19.0 Å². The van der Waals surface area contributed by atoms with Crippen LogP contribution in [-0.4, -0.2) is 26.8 Å². The number of methoxy groups -OCH3 is 2. The molecule has 5 nitrogen and oxygen atoms in total. The quantitative estimate of drug-likeness (QED) is 0.640. The molecule has 1 aromatic rings. The summed E-state index contributed by atoms with van der Waals surface area (Å²) in [5.74, 6) is 0.754. The van der Waals surface area contributed by atoms with Crippen LogP contribution in [0.3, 0.4) is 0 Å². The maximum Gasteiger partial charge on any atom is 0.314 e. The van der Waals surface area contributed by atoms with Crippen molar-refractivity contribution in [1.82, 2.24) is 0 Å². The van der Waals surface area contributed by atoms with Gasteiger partial charge in [-0.1, -0.05) is 0 Å². The van der Waals surface area contributed by atoms with Gasteiger partial charge in [0.25, 0.3) is 0 Å². The van der Waals surface area contributed by atoms with Gasteiger partial charge in [0, 0.05) is 11.8 Å². The summed E-state index contributed by atoms with van der Waals surface area (Å²) < 4.78 is 15.5. The van der Waals surface area contributed by atoms with E-state index in [9.17, 15) is 4.79 Å². The second kappa shape index (κ2) is 5.62. The Balaban J connectivity index is 2.80. The van der Waals surface area contributed by atoms with E-state index in [1.165, 1.54) is 7.11 Å². The second-order valence-electron chi connectivity index (χ2n) is 4.57. The molecule has 0 aliphatic rings. The second-order valence-corrected chi connectivity index (χ2v) is 4.57. The molecular formula is C13H19NO4. The van der Waals surface area contributed by atoms with Crippen LogP contribution in [-0.2, 0) is 9.53 Å². The number of hydrogen-bond donors (Lipinski definition) is 1. The van der Waals surface area contributed by atoms with Gasteiger partial charge in [0.1, 0.15) is 6.61 Å². The molecule has 0 aliphatic heterocycles. The topological polar surface area (TPSA) is 70.8 Å². The summed E-state index contributed by atoms with van der Waals surface area (Å²) in [5, 5.41) is 0. The molecule has 18 heavy (non-hydrogen) atoms. The number of nitrogen functional groups attached to an aromatic ring is 1. The van der Waals surface area contributed by atoms with Gasteiger partial charge in [-0.25, -0.2) is 0 Å². The maximum atomic E-state index is 11.5. The lowest BCUT2D eigenvalue weighted by Crippen LogP contribution is -2.32. The van der Waals surface area contributed by atoms with Gasteiger partial charge >= 0.3 is 5.97 Å². The van der Waals surface area contributed by atoms with Crippen LogP contribution in [0.5, 0.6) is 11.5 Å². The minimum Gasteiger partial charge on any atom is -0.493 e. The first-order valence-corrected chi connectivity index (χ1v) is 5.55. The molecule has 0 heterocycles. The van der Waals surface area contributed by atoms with E-state index in [0.29, 0.717) is 17.2 Å². The zero-order valence-electron chi connectivity index (χ0n) is 11.1. The smallest absolute Gasteiger partial charge is 0.314 e. The molecule has 0 aromatic heterocycles. The Morgan fingerprint density at radius 2 is 1.94 bits per heavy atom. The van der Waals surface area contributed by atoms with Gasteiger partial charge in [-0.15, -0.1) is 0 Å². The number of carbonyl (C=O) groups excluding carboxylic acids is 1. The van der Waals surface area contributed by atoms with Crippen LogP contribution in [0.25, 0.3) is 0 Å². The van der Waals surface area contributed by atoms with Crippen molar-refractivity contribution in [2.24, 2.45) is 5.41 Å². The number of carbonyl (C=O) groups is 1. The van der Waals surface area contributed by atoms with E-state index in [2.05, 4.69) is 0 Å². The van der Waals surface area contributed by atoms with Crippen LogP contribution >= 0.6 is 0 Å². The Kier molecular flexibility index (Phi) is 4.42. The third-order valence-corrected chi connectivity index (χ3v) is 2.51. The first-order valence-electron chi connectivity index (χ1n) is 5.55. The van der Waals surface area contributed by atoms with Crippen LogP contribution in [0, 0.1) is 5.41 Å². The van der Waals surface area contributed by atoms with Crippen LogP contribution in [0.2, 0.25) is 0 Å². The first-order chi connectivity index (χ1) is 8.40. The van der Waals surface area contributed by atoms with Gasteiger partial charge in [0.2, 0.25) is 0 Å². The Morgan fingerprint density at radius 1 is 1.28 bits per heavy atom. The number of benzene rings is 1. The minimum atomic E-state index is -0.732. The number of rotatable bonds is 5. The fourth-order valence-corrected chi connectivity index (χ4v) is 1.40. The Morgan fingerprint density at radius 3 is 2.50 bits per heavy atom. The number of anilines is 1. The lowest BCUT2D eigenvalue weighted by Gasteiger charge is -2.22. The van der Waals surface area contributed by atoms with Crippen molar-refractivity contribution in [2.45, 2.75) is 13.8 Å². The highest BCUT2D eigenvalue weighted by Crippen LogP contribution is 2.30. The standard InChI is InChI=1S/C13H19NO4/c1-13(2,12(15)17-4)8-18-11-7-9(14)5-6-10(11)16-3/h5-7H,8,14H2,1-4H3. The van der Waals surface area contributed by atoms with Gasteiger partial charge in [-0.05, 0) is 26.0 Å². The molecule has 0 aliphatic carbocycles. The Bertz CT molecular complexity index is 429. The first kappa shape index (κ1) is 14.2. The van der Waals surface area contributed by atoms with Gasteiger partial charge in [-0.2, -0.15) is 0 Å². The van der Waals surface area contributed by atoms with Crippen LogP contribution in [0.15, 0.2) is 18.2 Å². The highest BCUT2D eigenvalue weighted by atomic mass is 16.5. The molecule has 0 amide bonds. The summed E-state index contributed by atoms with van der Waals surface area (Å²) in [4.78, 5) is 11.5. The predicted octanol–water partition coefficient (Wildman–Crippen LogP) is 1.86. The van der Waals surface area contributed by atoms with E-state index in [0.717, 1.165) is 0 Å². The molecule has 0 bridgehead atoms. The summed E-state index contributed by atoms with van der Waals surface area (Å²) in [7, 11) is 2.90. The van der Waals surface area contributed by atoms with E-state index in [-0.39, 0.29) is 12.6 Å². The molecule has 0 radical (unpaired) electrons. The summed E-state index contributed by atoms with van der Waals surface area (Å²) >= 11 is 0. The molecule has 0 saturated heterocycles. The number of esters is 1. The van der Waals surface area contributed by atoms with Crippen LogP contribution < -0.4 is 15.2 Å². The molecule has 1 aromatic carbocycles. The summed E-state index contributed by atoms with van der Waals surface area (Å²) in [5.41, 5.74) is 5.52. The maximum absolute atomic E-state index is 11.5. The van der Waals surface area contributed by atoms with Crippen LogP contribution in [0.4, 0.5) is 5.69 Å². The summed E-state index contributed by atoms with van der Waals surface area (Å²) in [6.45, 7) is 3.68. The molecule has 0 spiro atoms. The number of nitrogens with two attached hydrogens (primary N) is 1. The van der Waals surface area contributed by atoms with E-state index in [1.54, 1.807) is 39.2 Å². The zero-order valence-corrected chi connectivity index (χ0v) is 11.1. The highest BCUT2D eigenvalue weighted by molar-refractivity contribution is 5.75. The molecule has 1 rings (SSSR count). The monoisotopic (exact) mass is 253 g/mol. The number of hydrogen-bond acceptors (Lipinski definition) is 5. The lowest BCUT2D eigenvalue weighted by molar-refractivity contribution is -0.152. The van der Waals surface area contributed by atoms with Gasteiger partial charge in [0.15, 0.2) is 11.5 Å². The third-order valence-electron chi connectivity index (χ3n) is 2.51. The average molecular weight is 253 g/mol. The Hall–Kier alpha value is -1.91. The predicted molar refractivity (Wildman–Crippen MR) is 68.7 cm³/mol. The van der Waals surface area contributed by atoms with Gasteiger partial charge in [0.05, 0.1) is 19.6 Å². The lowest BCUT2D eigenvalue weighted by atomic mass is 9.95. The Labute approximate surface area is 107 Å². The largest absolute Gasteiger partial charge is 0.493 e. The van der Waals surface area contributed by atoms with E-state index in [4.69, 9.17) is 19.9 Å². The fourth-order valence-electron chi connectivity index (χ4n) is 1.40. The number of ether oxygens (including phenoxy) is 3. The molecule has 0 fully saturated rings. The van der Waals surface area contributed by atoms with Crippen molar-refractivity contribution in [1.29, 1.82) is 0 Å².